The van der Waals surface area contributed by atoms with Crippen LogP contribution in [0.5, 0.6) is 11.6 Å². The van der Waals surface area contributed by atoms with E-state index in [9.17, 15) is 32.0 Å². The Labute approximate surface area is 320 Å². The van der Waals surface area contributed by atoms with Crippen molar-refractivity contribution in [1.82, 2.24) is 25.2 Å². The molecule has 7 atom stereocenters. The number of hydrogen-bond donors (Lipinski definition) is 3. The molecule has 3 aliphatic carbocycles. The van der Waals surface area contributed by atoms with Gasteiger partial charge in [-0.05, 0) is 75.3 Å². The lowest BCUT2D eigenvalue weighted by molar-refractivity contribution is -0.142. The predicted octanol–water partition coefficient (Wildman–Crippen LogP) is 4.12. The summed E-state index contributed by atoms with van der Waals surface area (Å²) >= 11 is 0. The highest BCUT2D eigenvalue weighted by molar-refractivity contribution is 7.91. The molecule has 3 heterocycles. The van der Waals surface area contributed by atoms with Crippen molar-refractivity contribution in [3.8, 4) is 11.6 Å². The van der Waals surface area contributed by atoms with Gasteiger partial charge in [0.05, 0.1) is 30.9 Å². The van der Waals surface area contributed by atoms with Crippen LogP contribution in [0.1, 0.15) is 78.6 Å². The van der Waals surface area contributed by atoms with E-state index >= 15 is 0 Å². The number of amides is 4. The number of rotatable bonds is 9. The first-order valence-electron chi connectivity index (χ1n) is 19.2. The number of aromatic nitrogens is 1. The second kappa shape index (κ2) is 14.9. The lowest BCUT2D eigenvalue weighted by Gasteiger charge is -2.32. The van der Waals surface area contributed by atoms with Gasteiger partial charge in [0.15, 0.2) is 0 Å². The van der Waals surface area contributed by atoms with Crippen LogP contribution in [0.15, 0.2) is 36.5 Å². The second-order valence-electron chi connectivity index (χ2n) is 16.6. The summed E-state index contributed by atoms with van der Waals surface area (Å²) < 4.78 is 59.9. The van der Waals surface area contributed by atoms with E-state index in [1.54, 1.807) is 6.07 Å². The van der Waals surface area contributed by atoms with Gasteiger partial charge in [0.2, 0.25) is 27.7 Å². The molecule has 16 heteroatoms. The van der Waals surface area contributed by atoms with Gasteiger partial charge in [-0.2, -0.15) is 0 Å². The summed E-state index contributed by atoms with van der Waals surface area (Å²) in [7, 11) is -2.50. The number of hydrogen-bond acceptors (Lipinski definition) is 10. The Morgan fingerprint density at radius 3 is 2.58 bits per heavy atom. The van der Waals surface area contributed by atoms with Crippen LogP contribution < -0.4 is 24.8 Å². The molecule has 0 spiro atoms. The fraction of sp³-hybridized carbons (Fsp3) is 0.615. The summed E-state index contributed by atoms with van der Waals surface area (Å²) in [5, 5.41) is 5.89. The first kappa shape index (κ1) is 38.8. The van der Waals surface area contributed by atoms with Crippen LogP contribution in [-0.4, -0.2) is 91.4 Å². The molecule has 1 aromatic heterocycles. The van der Waals surface area contributed by atoms with Crippen LogP contribution in [0, 0.1) is 29.0 Å². The maximum atomic E-state index is 14.8. The van der Waals surface area contributed by atoms with E-state index in [1.807, 2.05) is 26.0 Å². The molecule has 298 valence electrons. The zero-order valence-electron chi connectivity index (χ0n) is 31.6. The quantitative estimate of drug-likeness (QED) is 0.313. The van der Waals surface area contributed by atoms with E-state index in [1.165, 1.54) is 30.3 Å². The fourth-order valence-electron chi connectivity index (χ4n) is 7.88. The Balaban J connectivity index is 1.21. The van der Waals surface area contributed by atoms with Crippen molar-refractivity contribution in [3.05, 3.63) is 42.4 Å². The van der Waals surface area contributed by atoms with Gasteiger partial charge in [0.25, 0.3) is 5.91 Å². The van der Waals surface area contributed by atoms with Gasteiger partial charge in [0.1, 0.15) is 35.3 Å². The van der Waals surface area contributed by atoms with Crippen molar-refractivity contribution in [3.63, 3.8) is 0 Å². The van der Waals surface area contributed by atoms with Crippen molar-refractivity contribution in [2.45, 2.75) is 108 Å². The molecule has 5 aliphatic rings. The Morgan fingerprint density at radius 1 is 1.11 bits per heavy atom. The number of methoxy groups -OCH3 is 1. The van der Waals surface area contributed by atoms with Crippen molar-refractivity contribution in [2.24, 2.45) is 23.2 Å². The summed E-state index contributed by atoms with van der Waals surface area (Å²) in [6.45, 7) is 6.08. The monoisotopic (exact) mass is 783 g/mol. The number of nitrogens with one attached hydrogen (secondary N) is 3. The lowest BCUT2D eigenvalue weighted by atomic mass is 9.88. The molecule has 4 amide bonds. The Bertz CT molecular complexity index is 2000. The first-order chi connectivity index (χ1) is 26.1. The smallest absolute Gasteiger partial charge is 0.407 e. The van der Waals surface area contributed by atoms with Crippen molar-refractivity contribution >= 4 is 44.6 Å². The SMILES string of the molecule is COc1cc(F)cc2c(O[C@@H]3C[C@H]4C(=O)N[C@]5(C(=O)NS(=O)(=O)C6CC6)C[C@H]5/C=C\CC[C@H](C)C[C@@H](C)[C@H](NC(=O)OCC5(C)CC5)C(=O)N4C3)nccc12. The molecule has 3 saturated carbocycles. The zero-order chi connectivity index (χ0) is 39.3. The van der Waals surface area contributed by atoms with Crippen molar-refractivity contribution < 1.29 is 46.2 Å². The molecular weight excluding hydrogens is 734 g/mol. The van der Waals surface area contributed by atoms with E-state index in [0.29, 0.717) is 36.5 Å². The van der Waals surface area contributed by atoms with E-state index in [4.69, 9.17) is 14.2 Å². The number of benzene rings is 1. The molecule has 0 bridgehead atoms. The number of ether oxygens (including phenoxy) is 3. The fourth-order valence-corrected chi connectivity index (χ4v) is 9.24. The summed E-state index contributed by atoms with van der Waals surface area (Å²) in [4.78, 5) is 61.9. The molecule has 0 radical (unpaired) electrons. The minimum Gasteiger partial charge on any atom is -0.496 e. The lowest BCUT2D eigenvalue weighted by Crippen LogP contribution is -2.59. The number of sulfonamides is 1. The Kier molecular flexibility index (Phi) is 10.5. The number of alkyl carbamates (subject to hydrolysis) is 1. The van der Waals surface area contributed by atoms with Crippen LogP contribution in [0.3, 0.4) is 0 Å². The van der Waals surface area contributed by atoms with Crippen molar-refractivity contribution in [2.75, 3.05) is 20.3 Å². The highest BCUT2D eigenvalue weighted by Gasteiger charge is 2.62. The summed E-state index contributed by atoms with van der Waals surface area (Å²) in [6.07, 6.45) is 8.64. The highest BCUT2D eigenvalue weighted by Crippen LogP contribution is 2.47. The van der Waals surface area contributed by atoms with Crippen LogP contribution in [0.25, 0.3) is 10.8 Å². The van der Waals surface area contributed by atoms with Crippen LogP contribution in [0.4, 0.5) is 9.18 Å². The van der Waals surface area contributed by atoms with E-state index in [-0.39, 0.29) is 54.9 Å². The molecule has 14 nitrogen and oxygen atoms in total. The number of fused-ring (bicyclic) bond motifs is 3. The second-order valence-corrected chi connectivity index (χ2v) is 18.5. The molecule has 2 aliphatic heterocycles. The number of nitrogens with zero attached hydrogens (tertiary/aromatic N) is 2. The molecule has 3 N–H and O–H groups in total. The number of carbonyl (C=O) groups is 4. The van der Waals surface area contributed by atoms with Gasteiger partial charge in [-0.25, -0.2) is 22.6 Å². The maximum absolute atomic E-state index is 14.8. The van der Waals surface area contributed by atoms with E-state index in [2.05, 4.69) is 27.3 Å². The normalized spacial score (nSPS) is 31.1. The molecule has 2 aromatic rings. The molecule has 4 fully saturated rings. The van der Waals surface area contributed by atoms with Gasteiger partial charge in [-0.1, -0.05) is 32.9 Å². The standard InChI is InChI=1S/C39H50FN5O9S/c1-22-7-5-6-8-24-19-39(24,36(48)44-55(50,51)27-9-10-27)43-33(46)30-18-26(54-34-29-16-25(40)17-31(52-4)28(29)11-14-41-34)20-45(30)35(47)32(23(2)15-22)42-37(49)53-21-38(3)12-13-38/h6,8,11,14,16-17,22-24,26-27,30,32H,5,7,9-10,12-13,15,18-21H2,1-4H3,(H,42,49)(H,43,46)(H,44,48)/b8-6-/t22-,23+,24+,26+,30-,32-,39+/m0/s1. The molecular formula is C39H50FN5O9S. The molecule has 1 saturated heterocycles. The van der Waals surface area contributed by atoms with Crippen LogP contribution in [0.2, 0.25) is 0 Å². The van der Waals surface area contributed by atoms with Gasteiger partial charge >= 0.3 is 6.09 Å². The first-order valence-corrected chi connectivity index (χ1v) is 20.7. The van der Waals surface area contributed by atoms with E-state index in [0.717, 1.165) is 19.3 Å². The third-order valence-corrected chi connectivity index (χ3v) is 13.6. The average molecular weight is 784 g/mol. The largest absolute Gasteiger partial charge is 0.496 e. The minimum atomic E-state index is -3.92. The zero-order valence-corrected chi connectivity index (χ0v) is 32.5. The Hall–Kier alpha value is -4.47. The third kappa shape index (κ3) is 8.38. The van der Waals surface area contributed by atoms with Crippen LogP contribution >= 0.6 is 0 Å². The number of allylic oxidation sites excluding steroid dienone is 1. The van der Waals surface area contributed by atoms with Crippen LogP contribution in [-0.2, 0) is 29.1 Å². The van der Waals surface area contributed by atoms with Crippen molar-refractivity contribution in [1.29, 1.82) is 0 Å². The van der Waals surface area contributed by atoms with Gasteiger partial charge in [-0.15, -0.1) is 0 Å². The topological polar surface area (TPSA) is 182 Å². The molecule has 55 heavy (non-hydrogen) atoms. The predicted molar refractivity (Wildman–Crippen MR) is 199 cm³/mol. The average Bonchev–Trinajstić information content (AvgIpc) is 4.08. The molecule has 0 unspecified atom stereocenters. The number of pyridine rings is 1. The maximum Gasteiger partial charge on any atom is 0.407 e. The minimum absolute atomic E-state index is 0.0407. The van der Waals surface area contributed by atoms with Gasteiger partial charge in [-0.3, -0.25) is 19.1 Å². The summed E-state index contributed by atoms with van der Waals surface area (Å²) in [6, 6.07) is 1.91. The third-order valence-electron chi connectivity index (χ3n) is 11.8. The van der Waals surface area contributed by atoms with Gasteiger partial charge in [0, 0.05) is 35.4 Å². The molecule has 7 rings (SSSR count). The van der Waals surface area contributed by atoms with E-state index < -0.39 is 74.5 Å². The highest BCUT2D eigenvalue weighted by atomic mass is 32.2. The summed E-state index contributed by atoms with van der Waals surface area (Å²) in [5.41, 5.74) is -1.63. The number of halogens is 1. The van der Waals surface area contributed by atoms with Gasteiger partial charge < -0.3 is 29.7 Å². The molecule has 1 aromatic carbocycles. The number of carbonyl (C=O) groups excluding carboxylic acids is 4. The Morgan fingerprint density at radius 2 is 1.87 bits per heavy atom. The summed E-state index contributed by atoms with van der Waals surface area (Å²) in [5.74, 6) is -2.95.